The van der Waals surface area contributed by atoms with Crippen molar-refractivity contribution in [1.29, 1.82) is 0 Å². The number of carbonyl (C=O) groups is 1. The summed E-state index contributed by atoms with van der Waals surface area (Å²) in [7, 11) is 0. The van der Waals surface area contributed by atoms with E-state index in [1.165, 1.54) is 0 Å². The molecule has 30 heavy (non-hydrogen) atoms. The second-order valence-electron chi connectivity index (χ2n) is 8.62. The summed E-state index contributed by atoms with van der Waals surface area (Å²) < 4.78 is 6.13. The van der Waals surface area contributed by atoms with Gasteiger partial charge in [0.1, 0.15) is 11.6 Å². The van der Waals surface area contributed by atoms with Gasteiger partial charge in [0.25, 0.3) is 5.56 Å². The molecule has 4 N–H and O–H groups in total. The number of rotatable bonds is 1. The number of benzene rings is 1. The van der Waals surface area contributed by atoms with E-state index in [1.807, 2.05) is 44.2 Å². The first-order valence-corrected chi connectivity index (χ1v) is 9.69. The molecule has 0 saturated carbocycles. The van der Waals surface area contributed by atoms with Crippen LogP contribution < -0.4 is 21.7 Å². The van der Waals surface area contributed by atoms with Crippen LogP contribution in [0.2, 0.25) is 0 Å². The Morgan fingerprint density at radius 3 is 2.67 bits per heavy atom. The molecule has 5 rings (SSSR count). The van der Waals surface area contributed by atoms with Gasteiger partial charge in [0.2, 0.25) is 5.88 Å². The molecule has 0 radical (unpaired) electrons. The minimum absolute atomic E-state index is 0.0701. The van der Waals surface area contributed by atoms with Gasteiger partial charge in [0, 0.05) is 29.4 Å². The Kier molecular flexibility index (Phi) is 3.77. The second kappa shape index (κ2) is 6.16. The van der Waals surface area contributed by atoms with Crippen molar-refractivity contribution >= 4 is 22.5 Å². The number of allylic oxidation sites excluding steroid dienone is 2. The average molecular weight is 404 g/mol. The lowest BCUT2D eigenvalue weighted by Crippen LogP contribution is -2.36. The van der Waals surface area contributed by atoms with Gasteiger partial charge in [-0.15, -0.1) is 0 Å². The smallest absolute Gasteiger partial charge is 0.327 e. The number of pyridine rings is 1. The zero-order chi connectivity index (χ0) is 21.2. The van der Waals surface area contributed by atoms with Gasteiger partial charge < -0.3 is 10.5 Å². The summed E-state index contributed by atoms with van der Waals surface area (Å²) in [5, 5.41) is 0.844. The number of nitrogen functional groups attached to an aromatic ring is 1. The molecule has 2 aromatic heterocycles. The highest BCUT2D eigenvalue weighted by Crippen LogP contribution is 2.49. The van der Waals surface area contributed by atoms with Crippen molar-refractivity contribution in [2.75, 3.05) is 5.73 Å². The zero-order valence-corrected chi connectivity index (χ0v) is 16.5. The van der Waals surface area contributed by atoms with Gasteiger partial charge >= 0.3 is 5.69 Å². The van der Waals surface area contributed by atoms with Gasteiger partial charge in [0.15, 0.2) is 5.78 Å². The largest absolute Gasteiger partial charge is 0.443 e. The molecule has 1 aromatic carbocycles. The van der Waals surface area contributed by atoms with Crippen molar-refractivity contribution in [3.05, 3.63) is 73.6 Å². The van der Waals surface area contributed by atoms with Crippen LogP contribution in [0, 0.1) is 5.41 Å². The van der Waals surface area contributed by atoms with Crippen LogP contribution in [0.1, 0.15) is 43.7 Å². The molecule has 152 valence electrons. The molecule has 8 heteroatoms. The van der Waals surface area contributed by atoms with Crippen LogP contribution in [0.4, 0.5) is 5.82 Å². The van der Waals surface area contributed by atoms with Crippen molar-refractivity contribution in [1.82, 2.24) is 15.0 Å². The van der Waals surface area contributed by atoms with E-state index in [0.29, 0.717) is 35.6 Å². The van der Waals surface area contributed by atoms with E-state index in [-0.39, 0.29) is 22.6 Å². The maximum atomic E-state index is 13.2. The molecule has 2 aliphatic rings. The molecular weight excluding hydrogens is 384 g/mol. The molecule has 8 nitrogen and oxygen atoms in total. The molecule has 3 heterocycles. The Hall–Kier alpha value is -3.68. The Morgan fingerprint density at radius 2 is 1.90 bits per heavy atom. The number of H-pyrrole nitrogens is 2. The van der Waals surface area contributed by atoms with Gasteiger partial charge in [-0.2, -0.15) is 0 Å². The van der Waals surface area contributed by atoms with E-state index < -0.39 is 17.2 Å². The maximum Gasteiger partial charge on any atom is 0.327 e. The maximum absolute atomic E-state index is 13.2. The van der Waals surface area contributed by atoms with E-state index in [0.717, 1.165) is 10.9 Å². The lowest BCUT2D eigenvalue weighted by molar-refractivity contribution is -0.118. The van der Waals surface area contributed by atoms with E-state index in [4.69, 9.17) is 10.5 Å². The van der Waals surface area contributed by atoms with Crippen molar-refractivity contribution in [2.24, 2.45) is 5.41 Å². The minimum atomic E-state index is -0.773. The van der Waals surface area contributed by atoms with Crippen LogP contribution in [0.15, 0.2) is 51.3 Å². The summed E-state index contributed by atoms with van der Waals surface area (Å²) in [5.41, 5.74) is 6.30. The fourth-order valence-electron chi connectivity index (χ4n) is 4.47. The third-order valence-corrected chi connectivity index (χ3v) is 5.71. The number of hydrogen-bond acceptors (Lipinski definition) is 6. The molecule has 0 amide bonds. The van der Waals surface area contributed by atoms with Crippen LogP contribution in [0.3, 0.4) is 0 Å². The third kappa shape index (κ3) is 2.75. The number of Topliss-reactive ketones (excluding diaryl/α,β-unsaturated/α-hetero) is 1. The van der Waals surface area contributed by atoms with Crippen LogP contribution >= 0.6 is 0 Å². The summed E-state index contributed by atoms with van der Waals surface area (Å²) in [6.07, 6.45) is 0.850. The highest BCUT2D eigenvalue weighted by atomic mass is 16.5. The lowest BCUT2D eigenvalue weighted by Gasteiger charge is -2.37. The number of anilines is 1. The van der Waals surface area contributed by atoms with Crippen molar-refractivity contribution in [3.8, 4) is 5.88 Å². The summed E-state index contributed by atoms with van der Waals surface area (Å²) in [6, 6.07) is 9.40. The number of nitrogens with two attached hydrogens (primary N) is 1. The molecule has 1 unspecified atom stereocenters. The lowest BCUT2D eigenvalue weighted by atomic mass is 9.70. The monoisotopic (exact) mass is 404 g/mol. The second-order valence-corrected chi connectivity index (χ2v) is 8.62. The van der Waals surface area contributed by atoms with Crippen molar-refractivity contribution < 1.29 is 9.53 Å². The van der Waals surface area contributed by atoms with Crippen molar-refractivity contribution in [3.63, 3.8) is 0 Å². The number of aromatic amines is 2. The Labute approximate surface area is 170 Å². The predicted octanol–water partition coefficient (Wildman–Crippen LogP) is 2.36. The Morgan fingerprint density at radius 1 is 1.13 bits per heavy atom. The topological polar surface area (TPSA) is 131 Å². The fourth-order valence-corrected chi connectivity index (χ4v) is 4.47. The van der Waals surface area contributed by atoms with Crippen LogP contribution in [0.25, 0.3) is 10.9 Å². The normalized spacial score (nSPS) is 19.9. The first-order chi connectivity index (χ1) is 14.2. The number of aromatic nitrogens is 3. The Balaban J connectivity index is 1.85. The quantitative estimate of drug-likeness (QED) is 0.571. The number of nitrogens with zero attached hydrogens (tertiary/aromatic N) is 1. The first-order valence-electron chi connectivity index (χ1n) is 9.69. The van der Waals surface area contributed by atoms with Gasteiger partial charge in [-0.05, 0) is 17.5 Å². The zero-order valence-electron chi connectivity index (χ0n) is 16.5. The molecule has 1 aliphatic carbocycles. The van der Waals surface area contributed by atoms with Gasteiger partial charge in [0.05, 0.1) is 17.0 Å². The van der Waals surface area contributed by atoms with E-state index in [2.05, 4.69) is 15.0 Å². The third-order valence-electron chi connectivity index (χ3n) is 5.71. The number of para-hydroxylation sites is 1. The van der Waals surface area contributed by atoms with Crippen LogP contribution in [0.5, 0.6) is 5.88 Å². The molecule has 3 aromatic rings. The molecule has 0 saturated heterocycles. The fraction of sp³-hybridized carbons (Fsp3) is 0.273. The molecule has 0 bridgehead atoms. The highest BCUT2D eigenvalue weighted by molar-refractivity contribution is 6.00. The average Bonchev–Trinajstić information content (AvgIpc) is 2.64. The number of fused-ring (bicyclic) bond motifs is 2. The summed E-state index contributed by atoms with van der Waals surface area (Å²) in [4.78, 5) is 47.0. The standard InChI is InChI=1S/C22H20N4O4/c1-22(2)8-13(27)16-14(9-22)30-20-11(7-10-5-3-4-6-12(10)24-20)15(16)17-18(23)25-21(29)26-19(17)28/h3-7,15H,8-9H2,1-2H3,(H4,23,25,26,28,29). The molecule has 1 aliphatic heterocycles. The van der Waals surface area contributed by atoms with Crippen LogP contribution in [-0.2, 0) is 4.79 Å². The highest BCUT2D eigenvalue weighted by Gasteiger charge is 2.44. The first kappa shape index (κ1) is 18.4. The summed E-state index contributed by atoms with van der Waals surface area (Å²) in [5.74, 6) is -0.103. The van der Waals surface area contributed by atoms with Crippen molar-refractivity contribution in [2.45, 2.75) is 32.6 Å². The molecule has 0 spiro atoms. The minimum Gasteiger partial charge on any atom is -0.443 e. The summed E-state index contributed by atoms with van der Waals surface area (Å²) >= 11 is 0. The number of carbonyl (C=O) groups excluding carboxylic acids is 1. The molecular formula is C22H20N4O4. The van der Waals surface area contributed by atoms with E-state index in [9.17, 15) is 14.4 Å². The van der Waals surface area contributed by atoms with Gasteiger partial charge in [-0.3, -0.25) is 19.6 Å². The molecule has 1 atom stereocenters. The van der Waals surface area contributed by atoms with Crippen LogP contribution in [-0.4, -0.2) is 20.7 Å². The number of nitrogens with one attached hydrogen (secondary N) is 2. The summed E-state index contributed by atoms with van der Waals surface area (Å²) in [6.45, 7) is 4.00. The number of ketones is 1. The predicted molar refractivity (Wildman–Crippen MR) is 111 cm³/mol. The number of ether oxygens (including phenoxy) is 1. The molecule has 0 fully saturated rings. The van der Waals surface area contributed by atoms with E-state index >= 15 is 0 Å². The van der Waals surface area contributed by atoms with E-state index in [1.54, 1.807) is 0 Å². The number of hydrogen-bond donors (Lipinski definition) is 3. The SMILES string of the molecule is CC1(C)CC(=O)C2=C(C1)Oc1nc3ccccc3cc1C2c1c(N)[nH]c(=O)[nH]c1=O. The van der Waals surface area contributed by atoms with Gasteiger partial charge in [-0.25, -0.2) is 9.78 Å². The Bertz CT molecular complexity index is 1380. The van der Waals surface area contributed by atoms with Gasteiger partial charge in [-0.1, -0.05) is 32.0 Å².